The van der Waals surface area contributed by atoms with Gasteiger partial charge in [-0.15, -0.1) is 11.8 Å². The van der Waals surface area contributed by atoms with Gasteiger partial charge in [0.25, 0.3) is 0 Å². The van der Waals surface area contributed by atoms with Gasteiger partial charge < -0.3 is 0 Å². The maximum absolute atomic E-state index is 2.43. The first-order valence-corrected chi connectivity index (χ1v) is 7.22. The number of benzene rings is 1. The highest BCUT2D eigenvalue weighted by atomic mass is 32.2. The third kappa shape index (κ3) is 1.52. The maximum atomic E-state index is 2.43. The van der Waals surface area contributed by atoms with Crippen LogP contribution in [0.4, 0.5) is 0 Å². The summed E-state index contributed by atoms with van der Waals surface area (Å²) in [6, 6.07) is 9.24. The minimum absolute atomic E-state index is 0.615. The van der Waals surface area contributed by atoms with Gasteiger partial charge in [0, 0.05) is 4.90 Å². The summed E-state index contributed by atoms with van der Waals surface area (Å²) in [4.78, 5) is 1.43. The highest BCUT2D eigenvalue weighted by Gasteiger charge is 2.55. The fourth-order valence-corrected chi connectivity index (χ4v) is 3.79. The summed E-state index contributed by atoms with van der Waals surface area (Å²) >= 11 is 1.86. The molecule has 0 aromatic heterocycles. The summed E-state index contributed by atoms with van der Waals surface area (Å²) < 4.78 is 0. The third-order valence-electron chi connectivity index (χ3n) is 4.30. The van der Waals surface area contributed by atoms with Crippen molar-refractivity contribution in [1.29, 1.82) is 0 Å². The van der Waals surface area contributed by atoms with Gasteiger partial charge in [-0.25, -0.2) is 0 Å². The molecule has 1 heteroatoms. The minimum atomic E-state index is 0.615. The van der Waals surface area contributed by atoms with Gasteiger partial charge in [-0.2, -0.15) is 0 Å². The molecule has 2 unspecified atom stereocenters. The maximum Gasteiger partial charge on any atom is 0.00720 e. The number of hydrogen-bond acceptors (Lipinski definition) is 1. The van der Waals surface area contributed by atoms with Crippen LogP contribution in [-0.2, 0) is 5.41 Å². The van der Waals surface area contributed by atoms with Gasteiger partial charge in [-0.05, 0) is 54.5 Å². The predicted octanol–water partition coefficient (Wildman–Crippen LogP) is 4.24. The molecule has 0 heterocycles. The lowest BCUT2D eigenvalue weighted by molar-refractivity contribution is 0.428. The quantitative estimate of drug-likeness (QED) is 0.669. The molecule has 0 amide bonds. The van der Waals surface area contributed by atoms with Crippen LogP contribution in [0, 0.1) is 5.92 Å². The molecular weight excluding hydrogens is 200 g/mol. The smallest absolute Gasteiger partial charge is 0.00720 e. The topological polar surface area (TPSA) is 0 Å². The third-order valence-corrected chi connectivity index (χ3v) is 5.03. The Balaban J connectivity index is 1.92. The van der Waals surface area contributed by atoms with E-state index in [4.69, 9.17) is 0 Å². The predicted molar refractivity (Wildman–Crippen MR) is 66.5 cm³/mol. The summed E-state index contributed by atoms with van der Waals surface area (Å²) in [5.41, 5.74) is 2.24. The lowest BCUT2D eigenvalue weighted by Gasteiger charge is -2.22. The molecule has 0 bridgehead atoms. The zero-order chi connectivity index (χ0) is 10.3. The van der Waals surface area contributed by atoms with Crippen LogP contribution in [0.15, 0.2) is 29.2 Å². The molecule has 15 heavy (non-hydrogen) atoms. The minimum Gasteiger partial charge on any atom is -0.130 e. The van der Waals surface area contributed by atoms with E-state index < -0.39 is 0 Å². The summed E-state index contributed by atoms with van der Waals surface area (Å²) in [6.45, 7) is 0. The monoisotopic (exact) mass is 218 g/mol. The zero-order valence-corrected chi connectivity index (χ0v) is 10.1. The van der Waals surface area contributed by atoms with Crippen molar-refractivity contribution in [1.82, 2.24) is 0 Å². The molecule has 3 rings (SSSR count). The zero-order valence-electron chi connectivity index (χ0n) is 9.33. The van der Waals surface area contributed by atoms with Crippen LogP contribution in [0.5, 0.6) is 0 Å². The van der Waals surface area contributed by atoms with Crippen LogP contribution in [-0.4, -0.2) is 6.26 Å². The molecule has 1 aromatic rings. The second-order valence-electron chi connectivity index (χ2n) is 5.03. The average Bonchev–Trinajstić information content (AvgIpc) is 3.05. The van der Waals surface area contributed by atoms with Gasteiger partial charge in [-0.1, -0.05) is 25.0 Å². The largest absolute Gasteiger partial charge is 0.130 e. The van der Waals surface area contributed by atoms with Crippen molar-refractivity contribution in [3.05, 3.63) is 29.8 Å². The normalized spacial score (nSPS) is 33.5. The Hall–Kier alpha value is -0.430. The van der Waals surface area contributed by atoms with E-state index in [-0.39, 0.29) is 0 Å². The lowest BCUT2D eigenvalue weighted by atomic mass is 9.83. The van der Waals surface area contributed by atoms with Crippen molar-refractivity contribution < 1.29 is 0 Å². The second-order valence-corrected chi connectivity index (χ2v) is 5.91. The van der Waals surface area contributed by atoms with Crippen molar-refractivity contribution in [3.63, 3.8) is 0 Å². The highest BCUT2D eigenvalue weighted by Crippen LogP contribution is 2.62. The van der Waals surface area contributed by atoms with Gasteiger partial charge >= 0.3 is 0 Å². The van der Waals surface area contributed by atoms with Crippen LogP contribution < -0.4 is 0 Å². The van der Waals surface area contributed by atoms with Crippen molar-refractivity contribution in [3.8, 4) is 0 Å². The molecule has 2 saturated carbocycles. The molecule has 0 aliphatic heterocycles. The standard InChI is InChI=1S/C14H18S/c1-15-13-7-4-6-11(9-13)14-8-3-2-5-12(14)10-14/h4,6-7,9,12H,2-3,5,8,10H2,1H3. The molecule has 80 valence electrons. The van der Waals surface area contributed by atoms with Gasteiger partial charge in [0.05, 0.1) is 0 Å². The van der Waals surface area contributed by atoms with Gasteiger partial charge in [0.15, 0.2) is 0 Å². The van der Waals surface area contributed by atoms with E-state index in [2.05, 4.69) is 30.5 Å². The molecule has 0 saturated heterocycles. The Bertz CT molecular complexity index is 371. The number of thioether (sulfide) groups is 1. The summed E-state index contributed by atoms with van der Waals surface area (Å²) in [5, 5.41) is 0. The molecule has 2 atom stereocenters. The van der Waals surface area contributed by atoms with Gasteiger partial charge in [0.2, 0.25) is 0 Å². The first kappa shape index (κ1) is 9.77. The second kappa shape index (κ2) is 3.55. The first-order chi connectivity index (χ1) is 7.35. The molecule has 2 aliphatic carbocycles. The molecule has 0 N–H and O–H groups in total. The van der Waals surface area contributed by atoms with E-state index in [0.717, 1.165) is 5.92 Å². The summed E-state index contributed by atoms with van der Waals surface area (Å²) in [5.74, 6) is 1.02. The van der Waals surface area contributed by atoms with Gasteiger partial charge in [-0.3, -0.25) is 0 Å². The lowest BCUT2D eigenvalue weighted by Crippen LogP contribution is -2.14. The number of fused-ring (bicyclic) bond motifs is 1. The van der Waals surface area contributed by atoms with Crippen LogP contribution in [0.25, 0.3) is 0 Å². The molecule has 2 aliphatic rings. The van der Waals surface area contributed by atoms with E-state index in [1.54, 1.807) is 5.56 Å². The highest BCUT2D eigenvalue weighted by molar-refractivity contribution is 7.98. The molecule has 0 spiro atoms. The molecule has 1 aromatic carbocycles. The van der Waals surface area contributed by atoms with Crippen LogP contribution in [0.2, 0.25) is 0 Å². The van der Waals surface area contributed by atoms with E-state index in [0.29, 0.717) is 5.41 Å². The first-order valence-electron chi connectivity index (χ1n) is 6.00. The average molecular weight is 218 g/mol. The fourth-order valence-electron chi connectivity index (χ4n) is 3.33. The Labute approximate surface area is 96.5 Å². The fraction of sp³-hybridized carbons (Fsp3) is 0.571. The van der Waals surface area contributed by atoms with Crippen LogP contribution in [0.3, 0.4) is 0 Å². The van der Waals surface area contributed by atoms with E-state index in [1.807, 2.05) is 11.8 Å². The van der Waals surface area contributed by atoms with Crippen LogP contribution >= 0.6 is 11.8 Å². The van der Waals surface area contributed by atoms with Crippen molar-refractivity contribution in [2.45, 2.75) is 42.4 Å². The van der Waals surface area contributed by atoms with Crippen LogP contribution in [0.1, 0.15) is 37.7 Å². The van der Waals surface area contributed by atoms with Gasteiger partial charge in [0.1, 0.15) is 0 Å². The molecule has 0 radical (unpaired) electrons. The van der Waals surface area contributed by atoms with E-state index in [1.165, 1.54) is 37.0 Å². The van der Waals surface area contributed by atoms with Crippen molar-refractivity contribution in [2.75, 3.05) is 6.26 Å². The van der Waals surface area contributed by atoms with E-state index >= 15 is 0 Å². The Morgan fingerprint density at radius 2 is 2.27 bits per heavy atom. The van der Waals surface area contributed by atoms with E-state index in [9.17, 15) is 0 Å². The van der Waals surface area contributed by atoms with Crippen molar-refractivity contribution in [2.24, 2.45) is 5.92 Å². The molecular formula is C14H18S. The molecule has 2 fully saturated rings. The molecule has 0 nitrogen and oxygen atoms in total. The Kier molecular flexibility index (Phi) is 2.31. The SMILES string of the molecule is CSc1cccc(C23CCCCC2C3)c1. The summed E-state index contributed by atoms with van der Waals surface area (Å²) in [7, 11) is 0. The Morgan fingerprint density at radius 1 is 1.33 bits per heavy atom. The summed E-state index contributed by atoms with van der Waals surface area (Å²) in [6.07, 6.45) is 9.46. The van der Waals surface area contributed by atoms with Crippen molar-refractivity contribution >= 4 is 11.8 Å². The Morgan fingerprint density at radius 3 is 3.07 bits per heavy atom. The number of hydrogen-bond donors (Lipinski definition) is 0. The number of rotatable bonds is 2.